The van der Waals surface area contributed by atoms with Gasteiger partial charge < -0.3 is 15.4 Å². The summed E-state index contributed by atoms with van der Waals surface area (Å²) in [5.74, 6) is -0.334. The van der Waals surface area contributed by atoms with Gasteiger partial charge in [-0.15, -0.1) is 11.3 Å². The Hall–Kier alpha value is -2.18. The fourth-order valence-corrected chi connectivity index (χ4v) is 3.15. The zero-order valence-electron chi connectivity index (χ0n) is 13.4. The molecule has 2 amide bonds. The SMILES string of the molecule is CCc1sc(C(=O)Nc2ccc(NC(=O)COC)cc2)cc1C. The molecule has 0 bridgehead atoms. The number of aryl methyl sites for hydroxylation is 2. The van der Waals surface area contributed by atoms with E-state index in [4.69, 9.17) is 4.74 Å². The van der Waals surface area contributed by atoms with Gasteiger partial charge in [-0.25, -0.2) is 0 Å². The number of benzene rings is 1. The maximum atomic E-state index is 12.3. The quantitative estimate of drug-likeness (QED) is 0.851. The predicted octanol–water partition coefficient (Wildman–Crippen LogP) is 3.46. The van der Waals surface area contributed by atoms with Gasteiger partial charge in [-0.3, -0.25) is 9.59 Å². The molecule has 1 heterocycles. The van der Waals surface area contributed by atoms with E-state index in [2.05, 4.69) is 17.6 Å². The zero-order chi connectivity index (χ0) is 16.8. The Labute approximate surface area is 139 Å². The second-order valence-electron chi connectivity index (χ2n) is 5.08. The highest BCUT2D eigenvalue weighted by Gasteiger charge is 2.12. The van der Waals surface area contributed by atoms with E-state index in [0.29, 0.717) is 16.3 Å². The van der Waals surface area contributed by atoms with Crippen molar-refractivity contribution < 1.29 is 14.3 Å². The van der Waals surface area contributed by atoms with Crippen molar-refractivity contribution in [1.29, 1.82) is 0 Å². The smallest absolute Gasteiger partial charge is 0.265 e. The van der Waals surface area contributed by atoms with Crippen LogP contribution in [0.2, 0.25) is 0 Å². The first-order valence-electron chi connectivity index (χ1n) is 7.33. The lowest BCUT2D eigenvalue weighted by Gasteiger charge is -2.07. The molecule has 0 saturated heterocycles. The summed E-state index contributed by atoms with van der Waals surface area (Å²) >= 11 is 1.52. The molecule has 0 saturated carbocycles. The molecule has 6 heteroatoms. The fourth-order valence-electron chi connectivity index (χ4n) is 2.14. The van der Waals surface area contributed by atoms with E-state index in [9.17, 15) is 9.59 Å². The largest absolute Gasteiger partial charge is 0.375 e. The van der Waals surface area contributed by atoms with Crippen molar-refractivity contribution in [3.63, 3.8) is 0 Å². The zero-order valence-corrected chi connectivity index (χ0v) is 14.3. The second kappa shape index (κ2) is 7.89. The normalized spacial score (nSPS) is 10.4. The van der Waals surface area contributed by atoms with Crippen molar-refractivity contribution in [2.45, 2.75) is 20.3 Å². The lowest BCUT2D eigenvalue weighted by Crippen LogP contribution is -2.17. The van der Waals surface area contributed by atoms with E-state index < -0.39 is 0 Å². The van der Waals surface area contributed by atoms with Gasteiger partial charge in [-0.05, 0) is 49.2 Å². The number of rotatable bonds is 6. The van der Waals surface area contributed by atoms with Gasteiger partial charge in [-0.1, -0.05) is 6.92 Å². The standard InChI is InChI=1S/C17H20N2O3S/c1-4-14-11(2)9-15(23-14)17(21)19-13-7-5-12(6-8-13)18-16(20)10-22-3/h5-9H,4,10H2,1-3H3,(H,18,20)(H,19,21). The van der Waals surface area contributed by atoms with E-state index >= 15 is 0 Å². The van der Waals surface area contributed by atoms with Crippen LogP contribution in [0.1, 0.15) is 27.0 Å². The first-order chi connectivity index (χ1) is 11.0. The van der Waals surface area contributed by atoms with Gasteiger partial charge in [0.15, 0.2) is 0 Å². The molecule has 0 aliphatic heterocycles. The lowest BCUT2D eigenvalue weighted by atomic mass is 10.2. The lowest BCUT2D eigenvalue weighted by molar-refractivity contribution is -0.119. The Balaban J connectivity index is 1.99. The van der Waals surface area contributed by atoms with E-state index in [-0.39, 0.29) is 18.4 Å². The summed E-state index contributed by atoms with van der Waals surface area (Å²) in [6.45, 7) is 4.11. The molecule has 0 aliphatic carbocycles. The molecule has 0 radical (unpaired) electrons. The number of hydrogen-bond donors (Lipinski definition) is 2. The Morgan fingerprint density at radius 1 is 1.13 bits per heavy atom. The first kappa shape index (κ1) is 17.2. The number of methoxy groups -OCH3 is 1. The molecule has 0 unspecified atom stereocenters. The second-order valence-corrected chi connectivity index (χ2v) is 6.22. The highest BCUT2D eigenvalue weighted by Crippen LogP contribution is 2.23. The maximum Gasteiger partial charge on any atom is 0.265 e. The van der Waals surface area contributed by atoms with Crippen LogP contribution in [-0.2, 0) is 16.0 Å². The molecular weight excluding hydrogens is 312 g/mol. The molecule has 0 aliphatic rings. The summed E-state index contributed by atoms with van der Waals surface area (Å²) in [6.07, 6.45) is 0.930. The van der Waals surface area contributed by atoms with Crippen LogP contribution in [0.4, 0.5) is 11.4 Å². The van der Waals surface area contributed by atoms with Crippen LogP contribution < -0.4 is 10.6 Å². The average Bonchev–Trinajstić information content (AvgIpc) is 2.90. The Morgan fingerprint density at radius 2 is 1.74 bits per heavy atom. The number of nitrogens with one attached hydrogen (secondary N) is 2. The molecular formula is C17H20N2O3S. The van der Waals surface area contributed by atoms with E-state index in [1.165, 1.54) is 23.3 Å². The van der Waals surface area contributed by atoms with Crippen LogP contribution >= 0.6 is 11.3 Å². The number of amides is 2. The van der Waals surface area contributed by atoms with Crippen LogP contribution in [0, 0.1) is 6.92 Å². The molecule has 5 nitrogen and oxygen atoms in total. The van der Waals surface area contributed by atoms with Gasteiger partial charge in [-0.2, -0.15) is 0 Å². The van der Waals surface area contributed by atoms with Gasteiger partial charge in [0.05, 0.1) is 4.88 Å². The minimum Gasteiger partial charge on any atom is -0.375 e. The molecule has 23 heavy (non-hydrogen) atoms. The summed E-state index contributed by atoms with van der Waals surface area (Å²) in [7, 11) is 1.47. The third-order valence-corrected chi connectivity index (χ3v) is 4.65. The van der Waals surface area contributed by atoms with Crippen LogP contribution in [0.25, 0.3) is 0 Å². The average molecular weight is 332 g/mol. The third kappa shape index (κ3) is 4.64. The number of hydrogen-bond acceptors (Lipinski definition) is 4. The van der Waals surface area contributed by atoms with Gasteiger partial charge in [0.25, 0.3) is 5.91 Å². The highest BCUT2D eigenvalue weighted by molar-refractivity contribution is 7.14. The summed E-state index contributed by atoms with van der Waals surface area (Å²) in [4.78, 5) is 25.6. The first-order valence-corrected chi connectivity index (χ1v) is 8.14. The van der Waals surface area contributed by atoms with E-state index in [1.54, 1.807) is 24.3 Å². The van der Waals surface area contributed by atoms with Gasteiger partial charge in [0.1, 0.15) is 6.61 Å². The number of carbonyl (C=O) groups excluding carboxylic acids is 2. The number of ether oxygens (including phenoxy) is 1. The Morgan fingerprint density at radius 3 is 2.26 bits per heavy atom. The topological polar surface area (TPSA) is 67.4 Å². The Kier molecular flexibility index (Phi) is 5.90. The molecule has 0 fully saturated rings. The van der Waals surface area contributed by atoms with Gasteiger partial charge in [0, 0.05) is 23.4 Å². The summed E-state index contributed by atoms with van der Waals surface area (Å²) < 4.78 is 4.75. The number of anilines is 2. The summed E-state index contributed by atoms with van der Waals surface area (Å²) in [5, 5.41) is 5.56. The fraction of sp³-hybridized carbons (Fsp3) is 0.294. The van der Waals surface area contributed by atoms with E-state index in [0.717, 1.165) is 12.0 Å². The molecule has 2 N–H and O–H groups in total. The van der Waals surface area contributed by atoms with Crippen LogP contribution in [0.15, 0.2) is 30.3 Å². The van der Waals surface area contributed by atoms with Gasteiger partial charge in [0.2, 0.25) is 5.91 Å². The third-order valence-electron chi connectivity index (χ3n) is 3.27. The molecule has 122 valence electrons. The van der Waals surface area contributed by atoms with Crippen LogP contribution in [-0.4, -0.2) is 25.5 Å². The molecule has 2 rings (SSSR count). The predicted molar refractivity (Wildman–Crippen MR) is 93.3 cm³/mol. The highest BCUT2D eigenvalue weighted by atomic mass is 32.1. The molecule has 1 aromatic heterocycles. The van der Waals surface area contributed by atoms with Crippen molar-refractivity contribution in [2.75, 3.05) is 24.4 Å². The van der Waals surface area contributed by atoms with Crippen LogP contribution in [0.5, 0.6) is 0 Å². The minimum absolute atomic E-state index is 0.00990. The molecule has 0 spiro atoms. The monoisotopic (exact) mass is 332 g/mol. The molecule has 0 atom stereocenters. The van der Waals surface area contributed by atoms with Crippen molar-refractivity contribution in [1.82, 2.24) is 0 Å². The molecule has 2 aromatic rings. The summed E-state index contributed by atoms with van der Waals surface area (Å²) in [5.41, 5.74) is 2.49. The van der Waals surface area contributed by atoms with Crippen molar-refractivity contribution in [2.24, 2.45) is 0 Å². The van der Waals surface area contributed by atoms with Crippen LogP contribution in [0.3, 0.4) is 0 Å². The Bertz CT molecular complexity index is 692. The summed E-state index contributed by atoms with van der Waals surface area (Å²) in [6, 6.07) is 8.89. The van der Waals surface area contributed by atoms with Gasteiger partial charge >= 0.3 is 0 Å². The minimum atomic E-state index is -0.217. The maximum absolute atomic E-state index is 12.3. The van der Waals surface area contributed by atoms with Crippen molar-refractivity contribution in [3.8, 4) is 0 Å². The molecule has 1 aromatic carbocycles. The van der Waals surface area contributed by atoms with Crippen molar-refractivity contribution >= 4 is 34.5 Å². The number of thiophene rings is 1. The van der Waals surface area contributed by atoms with Crippen molar-refractivity contribution in [3.05, 3.63) is 45.6 Å². The van der Waals surface area contributed by atoms with E-state index in [1.807, 2.05) is 13.0 Å². The number of carbonyl (C=O) groups is 2.